The highest BCUT2D eigenvalue weighted by Crippen LogP contribution is 2.22. The number of benzene rings is 1. The van der Waals surface area contributed by atoms with E-state index in [2.05, 4.69) is 0 Å². The molecule has 0 heterocycles. The Labute approximate surface area is 96.4 Å². The van der Waals surface area contributed by atoms with E-state index in [0.29, 0.717) is 0 Å². The van der Waals surface area contributed by atoms with Gasteiger partial charge >= 0.3 is 0 Å². The van der Waals surface area contributed by atoms with Crippen LogP contribution in [0.5, 0.6) is 0 Å². The fraction of sp³-hybridized carbons (Fsp3) is 0.0909. The van der Waals surface area contributed by atoms with Crippen molar-refractivity contribution in [2.75, 3.05) is 0 Å². The van der Waals surface area contributed by atoms with Gasteiger partial charge in [-0.15, -0.1) is 0 Å². The van der Waals surface area contributed by atoms with E-state index in [-0.39, 0.29) is 5.02 Å². The molecule has 0 unspecified atom stereocenters. The van der Waals surface area contributed by atoms with Crippen molar-refractivity contribution in [1.29, 1.82) is 5.26 Å². The quantitative estimate of drug-likeness (QED) is 0.373. The smallest absolute Gasteiger partial charge is 0.211 e. The SMILES string of the molecule is CC(O)=C(C#N)C(=O)c1c(F)cccc1Cl. The third kappa shape index (κ3) is 2.20. The molecule has 0 saturated heterocycles. The maximum Gasteiger partial charge on any atom is 0.211 e. The highest BCUT2D eigenvalue weighted by Gasteiger charge is 2.21. The summed E-state index contributed by atoms with van der Waals surface area (Å²) in [6.45, 7) is 1.17. The number of carbonyl (C=O) groups excluding carboxylic acids is 1. The van der Waals surface area contributed by atoms with E-state index in [0.717, 1.165) is 6.07 Å². The summed E-state index contributed by atoms with van der Waals surface area (Å²) in [5, 5.41) is 17.7. The Morgan fingerprint density at radius 1 is 1.56 bits per heavy atom. The van der Waals surface area contributed by atoms with Crippen LogP contribution in [-0.4, -0.2) is 10.9 Å². The van der Waals surface area contributed by atoms with Crippen molar-refractivity contribution >= 4 is 17.4 Å². The van der Waals surface area contributed by atoms with Gasteiger partial charge in [0, 0.05) is 0 Å². The first kappa shape index (κ1) is 12.2. The zero-order chi connectivity index (χ0) is 12.3. The Kier molecular flexibility index (Phi) is 3.64. The molecule has 3 nitrogen and oxygen atoms in total. The monoisotopic (exact) mass is 239 g/mol. The van der Waals surface area contributed by atoms with Gasteiger partial charge < -0.3 is 5.11 Å². The number of nitriles is 1. The van der Waals surface area contributed by atoms with E-state index in [1.54, 1.807) is 0 Å². The van der Waals surface area contributed by atoms with Gasteiger partial charge in [-0.1, -0.05) is 17.7 Å². The number of halogens is 2. The van der Waals surface area contributed by atoms with Gasteiger partial charge in [0.25, 0.3) is 0 Å². The second kappa shape index (κ2) is 4.77. The Hall–Kier alpha value is -1.86. The van der Waals surface area contributed by atoms with Gasteiger partial charge in [0.05, 0.1) is 10.6 Å². The molecular weight excluding hydrogens is 233 g/mol. The van der Waals surface area contributed by atoms with Crippen LogP contribution in [0.1, 0.15) is 17.3 Å². The van der Waals surface area contributed by atoms with Crippen LogP contribution in [0.2, 0.25) is 5.02 Å². The number of carbonyl (C=O) groups is 1. The number of aliphatic hydroxyl groups is 1. The Balaban J connectivity index is 3.38. The van der Waals surface area contributed by atoms with Crippen LogP contribution >= 0.6 is 11.6 Å². The molecule has 0 aliphatic rings. The van der Waals surface area contributed by atoms with Crippen molar-refractivity contribution < 1.29 is 14.3 Å². The molecule has 0 saturated carbocycles. The zero-order valence-electron chi connectivity index (χ0n) is 8.29. The van der Waals surface area contributed by atoms with E-state index in [1.165, 1.54) is 25.1 Å². The van der Waals surface area contributed by atoms with Crippen LogP contribution in [0.15, 0.2) is 29.5 Å². The minimum atomic E-state index is -0.925. The third-order valence-corrected chi connectivity index (χ3v) is 2.21. The molecule has 1 aromatic carbocycles. The lowest BCUT2D eigenvalue weighted by Crippen LogP contribution is -2.07. The van der Waals surface area contributed by atoms with Crippen LogP contribution in [0.3, 0.4) is 0 Å². The molecule has 16 heavy (non-hydrogen) atoms. The van der Waals surface area contributed by atoms with Crippen molar-refractivity contribution in [3.63, 3.8) is 0 Å². The zero-order valence-corrected chi connectivity index (χ0v) is 9.05. The summed E-state index contributed by atoms with van der Waals surface area (Å²) < 4.78 is 13.3. The first-order valence-electron chi connectivity index (χ1n) is 4.27. The molecule has 0 spiro atoms. The fourth-order valence-corrected chi connectivity index (χ4v) is 1.38. The highest BCUT2D eigenvalue weighted by atomic mass is 35.5. The first-order chi connectivity index (χ1) is 7.49. The summed E-state index contributed by atoms with van der Waals surface area (Å²) in [4.78, 5) is 11.7. The van der Waals surface area contributed by atoms with Crippen LogP contribution < -0.4 is 0 Å². The maximum absolute atomic E-state index is 13.3. The molecule has 0 radical (unpaired) electrons. The van der Waals surface area contributed by atoms with E-state index < -0.39 is 28.5 Å². The Morgan fingerprint density at radius 2 is 2.19 bits per heavy atom. The summed E-state index contributed by atoms with van der Waals surface area (Å²) in [6, 6.07) is 5.24. The van der Waals surface area contributed by atoms with E-state index >= 15 is 0 Å². The van der Waals surface area contributed by atoms with E-state index in [9.17, 15) is 9.18 Å². The molecule has 0 amide bonds. The number of aliphatic hydroxyl groups excluding tert-OH is 1. The van der Waals surface area contributed by atoms with Gasteiger partial charge in [-0.25, -0.2) is 4.39 Å². The molecule has 1 aromatic rings. The highest BCUT2D eigenvalue weighted by molar-refractivity contribution is 6.35. The topological polar surface area (TPSA) is 61.1 Å². The average Bonchev–Trinajstić information content (AvgIpc) is 2.17. The standard InChI is InChI=1S/C11H7ClFNO2/c1-6(15)7(5-14)11(16)10-8(12)3-2-4-9(10)13/h2-4,15H,1H3. The van der Waals surface area contributed by atoms with Crippen LogP contribution in [0.4, 0.5) is 4.39 Å². The number of allylic oxidation sites excluding steroid dienone is 2. The Bertz CT molecular complexity index is 493. The predicted octanol–water partition coefficient (Wildman–Crippen LogP) is 3.02. The number of hydrogen-bond donors (Lipinski definition) is 1. The van der Waals surface area contributed by atoms with Crippen molar-refractivity contribution in [3.05, 3.63) is 45.9 Å². The van der Waals surface area contributed by atoms with Crippen molar-refractivity contribution in [3.8, 4) is 6.07 Å². The lowest BCUT2D eigenvalue weighted by Gasteiger charge is -2.04. The number of Topliss-reactive ketones (excluding diaryl/α,β-unsaturated/α-hetero) is 1. The van der Waals surface area contributed by atoms with Gasteiger partial charge in [-0.05, 0) is 19.1 Å². The van der Waals surface area contributed by atoms with Crippen LogP contribution in [0.25, 0.3) is 0 Å². The van der Waals surface area contributed by atoms with Crippen LogP contribution in [0, 0.1) is 17.1 Å². The van der Waals surface area contributed by atoms with Gasteiger partial charge in [0.2, 0.25) is 5.78 Å². The van der Waals surface area contributed by atoms with Crippen molar-refractivity contribution in [2.45, 2.75) is 6.92 Å². The second-order valence-corrected chi connectivity index (χ2v) is 3.41. The summed E-state index contributed by atoms with van der Waals surface area (Å²) >= 11 is 5.66. The molecule has 82 valence electrons. The second-order valence-electron chi connectivity index (χ2n) is 3.00. The normalized spacial score (nSPS) is 11.6. The molecular formula is C11H7ClFNO2. The number of nitrogens with zero attached hydrogens (tertiary/aromatic N) is 1. The van der Waals surface area contributed by atoms with Crippen molar-refractivity contribution in [2.24, 2.45) is 0 Å². The third-order valence-electron chi connectivity index (χ3n) is 1.89. The van der Waals surface area contributed by atoms with Gasteiger partial charge in [0.15, 0.2) is 0 Å². The molecule has 5 heteroatoms. The first-order valence-corrected chi connectivity index (χ1v) is 4.65. The number of hydrogen-bond acceptors (Lipinski definition) is 3. The van der Waals surface area contributed by atoms with Gasteiger partial charge in [0.1, 0.15) is 23.2 Å². The van der Waals surface area contributed by atoms with Crippen molar-refractivity contribution in [1.82, 2.24) is 0 Å². The number of rotatable bonds is 2. The molecule has 0 aromatic heterocycles. The van der Waals surface area contributed by atoms with Gasteiger partial charge in [-0.2, -0.15) is 5.26 Å². The van der Waals surface area contributed by atoms with Gasteiger partial charge in [-0.3, -0.25) is 4.79 Å². The van der Waals surface area contributed by atoms with E-state index in [1.807, 2.05) is 0 Å². The summed E-state index contributed by atoms with van der Waals surface area (Å²) in [5.74, 6) is -2.22. The molecule has 0 aliphatic carbocycles. The predicted molar refractivity (Wildman–Crippen MR) is 56.7 cm³/mol. The minimum Gasteiger partial charge on any atom is -0.511 e. The molecule has 1 rings (SSSR count). The average molecular weight is 240 g/mol. The fourth-order valence-electron chi connectivity index (χ4n) is 1.14. The van der Waals surface area contributed by atoms with E-state index in [4.69, 9.17) is 22.0 Å². The number of ketones is 1. The lowest BCUT2D eigenvalue weighted by atomic mass is 10.0. The molecule has 1 N–H and O–H groups in total. The van der Waals surface area contributed by atoms with Crippen LogP contribution in [-0.2, 0) is 0 Å². The molecule has 0 atom stereocenters. The molecule has 0 aliphatic heterocycles. The lowest BCUT2D eigenvalue weighted by molar-refractivity contribution is 0.103. The largest absolute Gasteiger partial charge is 0.511 e. The molecule has 0 bridgehead atoms. The Morgan fingerprint density at radius 3 is 2.62 bits per heavy atom. The summed E-state index contributed by atoms with van der Waals surface area (Å²) in [7, 11) is 0. The summed E-state index contributed by atoms with van der Waals surface area (Å²) in [5.41, 5.74) is -0.930. The molecule has 0 fully saturated rings. The summed E-state index contributed by atoms with van der Waals surface area (Å²) in [6.07, 6.45) is 0. The maximum atomic E-state index is 13.3. The minimum absolute atomic E-state index is 0.0981.